The van der Waals surface area contributed by atoms with Crippen molar-refractivity contribution in [2.75, 3.05) is 6.67 Å². The van der Waals surface area contributed by atoms with Crippen LogP contribution < -0.4 is 0 Å². The summed E-state index contributed by atoms with van der Waals surface area (Å²) >= 11 is 1.49. The molecule has 2 aromatic heterocycles. The molecule has 0 amide bonds. The fourth-order valence-corrected chi connectivity index (χ4v) is 2.32. The largest absolute Gasteiger partial charge is 0.481 e. The van der Waals surface area contributed by atoms with Crippen LogP contribution in [0, 0.1) is 0 Å². The van der Waals surface area contributed by atoms with E-state index in [1.54, 1.807) is 6.20 Å². The fourth-order valence-electron chi connectivity index (χ4n) is 1.58. The summed E-state index contributed by atoms with van der Waals surface area (Å²) in [6.45, 7) is -0.365. The molecule has 0 saturated heterocycles. The molecule has 0 fully saturated rings. The normalized spacial score (nSPS) is 10.6. The number of aryl methyl sites for hydroxylation is 1. The van der Waals surface area contributed by atoms with Crippen LogP contribution in [0.4, 0.5) is 4.39 Å². The van der Waals surface area contributed by atoms with Gasteiger partial charge >= 0.3 is 5.97 Å². The van der Waals surface area contributed by atoms with Crippen LogP contribution in [-0.4, -0.2) is 27.5 Å². The van der Waals surface area contributed by atoms with E-state index in [0.717, 1.165) is 4.88 Å². The first-order valence-corrected chi connectivity index (χ1v) is 5.96. The van der Waals surface area contributed by atoms with Crippen molar-refractivity contribution < 1.29 is 14.3 Å². The van der Waals surface area contributed by atoms with Crippen LogP contribution in [0.1, 0.15) is 5.56 Å². The van der Waals surface area contributed by atoms with Crippen LogP contribution in [0.5, 0.6) is 0 Å². The SMILES string of the molecule is O=C(O)Cc1cn(CCF)nc1-c1cccs1. The molecule has 0 unspecified atom stereocenters. The number of hydrogen-bond acceptors (Lipinski definition) is 3. The minimum absolute atomic E-state index is 0.0977. The molecular formula is C11H11FN2O2S. The summed E-state index contributed by atoms with van der Waals surface area (Å²) < 4.78 is 13.7. The summed E-state index contributed by atoms with van der Waals surface area (Å²) in [5, 5.41) is 14.9. The van der Waals surface area contributed by atoms with E-state index >= 15 is 0 Å². The van der Waals surface area contributed by atoms with Crippen LogP contribution in [0.25, 0.3) is 10.6 Å². The number of rotatable bonds is 5. The summed E-state index contributed by atoms with van der Waals surface area (Å²) in [7, 11) is 0. The Hall–Kier alpha value is -1.69. The smallest absolute Gasteiger partial charge is 0.307 e. The quantitative estimate of drug-likeness (QED) is 0.890. The Morgan fingerprint density at radius 1 is 1.59 bits per heavy atom. The second kappa shape index (κ2) is 5.09. The number of carbonyl (C=O) groups is 1. The van der Waals surface area contributed by atoms with Gasteiger partial charge in [-0.1, -0.05) is 6.07 Å². The van der Waals surface area contributed by atoms with Gasteiger partial charge in [0.1, 0.15) is 12.4 Å². The third-order valence-corrected chi connectivity index (χ3v) is 3.12. The highest BCUT2D eigenvalue weighted by molar-refractivity contribution is 7.13. The van der Waals surface area contributed by atoms with E-state index < -0.39 is 12.6 Å². The zero-order valence-electron chi connectivity index (χ0n) is 8.97. The molecule has 90 valence electrons. The third kappa shape index (κ3) is 2.71. The van der Waals surface area contributed by atoms with Crippen molar-refractivity contribution in [3.05, 3.63) is 29.3 Å². The molecule has 0 saturated carbocycles. The molecule has 17 heavy (non-hydrogen) atoms. The zero-order chi connectivity index (χ0) is 12.3. The van der Waals surface area contributed by atoms with E-state index in [9.17, 15) is 9.18 Å². The maximum atomic E-state index is 12.3. The van der Waals surface area contributed by atoms with Gasteiger partial charge in [0.15, 0.2) is 0 Å². The lowest BCUT2D eigenvalue weighted by molar-refractivity contribution is -0.136. The number of hydrogen-bond donors (Lipinski definition) is 1. The van der Waals surface area contributed by atoms with E-state index in [2.05, 4.69) is 5.10 Å². The van der Waals surface area contributed by atoms with Crippen LogP contribution in [0.3, 0.4) is 0 Å². The van der Waals surface area contributed by atoms with Gasteiger partial charge in [-0.3, -0.25) is 9.48 Å². The lowest BCUT2D eigenvalue weighted by Crippen LogP contribution is -2.00. The van der Waals surface area contributed by atoms with E-state index in [0.29, 0.717) is 11.3 Å². The Morgan fingerprint density at radius 3 is 3.00 bits per heavy atom. The lowest BCUT2D eigenvalue weighted by Gasteiger charge is -1.95. The van der Waals surface area contributed by atoms with E-state index in [-0.39, 0.29) is 13.0 Å². The first kappa shape index (κ1) is 11.8. The predicted molar refractivity (Wildman–Crippen MR) is 62.9 cm³/mol. The molecule has 2 aromatic rings. The molecule has 0 aliphatic rings. The molecule has 0 aliphatic heterocycles. The van der Waals surface area contributed by atoms with Gasteiger partial charge in [-0.2, -0.15) is 5.10 Å². The Labute approximate surface area is 101 Å². The number of alkyl halides is 1. The minimum Gasteiger partial charge on any atom is -0.481 e. The van der Waals surface area contributed by atoms with Gasteiger partial charge in [0.05, 0.1) is 17.8 Å². The highest BCUT2D eigenvalue weighted by atomic mass is 32.1. The molecule has 0 aromatic carbocycles. The number of carboxylic acid groups (broad SMARTS) is 1. The Bertz CT molecular complexity index is 508. The maximum Gasteiger partial charge on any atom is 0.307 e. The van der Waals surface area contributed by atoms with Crippen molar-refractivity contribution in [2.24, 2.45) is 0 Å². The summed E-state index contributed by atoms with van der Waals surface area (Å²) in [5.41, 5.74) is 1.25. The second-order valence-electron chi connectivity index (χ2n) is 3.50. The maximum absolute atomic E-state index is 12.3. The number of thiophene rings is 1. The highest BCUT2D eigenvalue weighted by Gasteiger charge is 2.14. The number of aromatic nitrogens is 2. The number of carboxylic acids is 1. The van der Waals surface area contributed by atoms with Crippen LogP contribution >= 0.6 is 11.3 Å². The molecular weight excluding hydrogens is 243 g/mol. The average Bonchev–Trinajstić information content (AvgIpc) is 2.86. The summed E-state index contributed by atoms with van der Waals surface area (Å²) in [5.74, 6) is -0.914. The van der Waals surface area contributed by atoms with Crippen LogP contribution in [0.2, 0.25) is 0 Å². The Balaban J connectivity index is 2.37. The van der Waals surface area contributed by atoms with Crippen molar-refractivity contribution in [3.63, 3.8) is 0 Å². The number of nitrogens with zero attached hydrogens (tertiary/aromatic N) is 2. The molecule has 6 heteroatoms. The average molecular weight is 254 g/mol. The van der Waals surface area contributed by atoms with E-state index in [1.165, 1.54) is 16.0 Å². The predicted octanol–water partition coefficient (Wildman–Crippen LogP) is 2.21. The van der Waals surface area contributed by atoms with Gasteiger partial charge < -0.3 is 5.11 Å². The van der Waals surface area contributed by atoms with E-state index in [1.807, 2.05) is 17.5 Å². The molecule has 2 rings (SSSR count). The first-order chi connectivity index (χ1) is 8.20. The first-order valence-electron chi connectivity index (χ1n) is 5.08. The third-order valence-electron chi connectivity index (χ3n) is 2.25. The van der Waals surface area contributed by atoms with Crippen molar-refractivity contribution >= 4 is 17.3 Å². The van der Waals surface area contributed by atoms with Gasteiger partial charge in [-0.15, -0.1) is 11.3 Å². The second-order valence-corrected chi connectivity index (χ2v) is 4.45. The van der Waals surface area contributed by atoms with Gasteiger partial charge in [0.2, 0.25) is 0 Å². The van der Waals surface area contributed by atoms with Crippen molar-refractivity contribution in [3.8, 4) is 10.6 Å². The van der Waals surface area contributed by atoms with Gasteiger partial charge in [-0.25, -0.2) is 4.39 Å². The lowest BCUT2D eigenvalue weighted by atomic mass is 10.1. The molecule has 0 bridgehead atoms. The topological polar surface area (TPSA) is 55.1 Å². The Kier molecular flexibility index (Phi) is 3.53. The molecule has 0 aliphatic carbocycles. The summed E-state index contributed by atoms with van der Waals surface area (Å²) in [4.78, 5) is 11.7. The molecule has 0 atom stereocenters. The summed E-state index contributed by atoms with van der Waals surface area (Å²) in [6.07, 6.45) is 1.50. The molecule has 4 nitrogen and oxygen atoms in total. The molecule has 0 radical (unpaired) electrons. The Morgan fingerprint density at radius 2 is 2.41 bits per heavy atom. The monoisotopic (exact) mass is 254 g/mol. The molecule has 1 N–H and O–H groups in total. The zero-order valence-corrected chi connectivity index (χ0v) is 9.78. The standard InChI is InChI=1S/C11H11FN2O2S/c12-3-4-14-7-8(6-10(15)16)11(13-14)9-2-1-5-17-9/h1-2,5,7H,3-4,6H2,(H,15,16). The number of halogens is 1. The van der Waals surface area contributed by atoms with Gasteiger partial charge in [0.25, 0.3) is 0 Å². The fraction of sp³-hybridized carbons (Fsp3) is 0.273. The molecule has 2 heterocycles. The van der Waals surface area contributed by atoms with Crippen LogP contribution in [-0.2, 0) is 17.8 Å². The summed E-state index contributed by atoms with van der Waals surface area (Å²) in [6, 6.07) is 3.75. The van der Waals surface area contributed by atoms with E-state index in [4.69, 9.17) is 5.11 Å². The molecule has 0 spiro atoms. The van der Waals surface area contributed by atoms with Crippen molar-refractivity contribution in [1.29, 1.82) is 0 Å². The van der Waals surface area contributed by atoms with Crippen molar-refractivity contribution in [2.45, 2.75) is 13.0 Å². The minimum atomic E-state index is -0.914. The van der Waals surface area contributed by atoms with Crippen LogP contribution in [0.15, 0.2) is 23.7 Å². The number of aliphatic carboxylic acids is 1. The van der Waals surface area contributed by atoms with Gasteiger partial charge in [-0.05, 0) is 11.4 Å². The van der Waals surface area contributed by atoms with Gasteiger partial charge in [0, 0.05) is 11.8 Å². The highest BCUT2D eigenvalue weighted by Crippen LogP contribution is 2.26. The van der Waals surface area contributed by atoms with Crippen molar-refractivity contribution in [1.82, 2.24) is 9.78 Å².